The third kappa shape index (κ3) is 1.90. The molecule has 0 amide bonds. The Labute approximate surface area is 97.3 Å². The lowest BCUT2D eigenvalue weighted by Crippen LogP contribution is -1.86. The molecule has 0 aromatic heterocycles. The molecule has 5 heteroatoms. The molecule has 0 N–H and O–H groups in total. The fraction of sp³-hybridized carbons (Fsp3) is 0.143. The van der Waals surface area contributed by atoms with Crippen LogP contribution in [-0.2, 0) is 0 Å². The Balaban J connectivity index is 3.39. The lowest BCUT2D eigenvalue weighted by molar-refractivity contribution is 0.414. The van der Waals surface area contributed by atoms with Gasteiger partial charge in [0, 0.05) is 4.47 Å². The molecule has 1 aromatic rings. The summed E-state index contributed by atoms with van der Waals surface area (Å²) >= 11 is 18.3. The normalized spacial score (nSPS) is 10.1. The first-order valence-corrected chi connectivity index (χ1v) is 5.29. The number of methoxy groups -OCH3 is 1. The number of halogens is 4. The molecule has 0 saturated heterocycles. The van der Waals surface area contributed by atoms with E-state index in [0.29, 0.717) is 20.3 Å². The van der Waals surface area contributed by atoms with Crippen molar-refractivity contribution in [2.24, 2.45) is 0 Å². The van der Waals surface area contributed by atoms with Crippen LogP contribution in [0, 0.1) is 0 Å². The van der Waals surface area contributed by atoms with Crippen LogP contribution in [-0.4, -0.2) is 7.11 Å². The summed E-state index contributed by atoms with van der Waals surface area (Å²) < 4.78 is 6.39. The summed E-state index contributed by atoms with van der Waals surface area (Å²) in [6.45, 7) is 0. The second-order valence-corrected chi connectivity index (χ2v) is 4.41. The van der Waals surface area contributed by atoms with Crippen LogP contribution in [0.4, 0.5) is 0 Å². The van der Waals surface area contributed by atoms with Gasteiger partial charge in [-0.05, 0) is 37.9 Å². The third-order valence-corrected chi connectivity index (χ3v) is 4.16. The van der Waals surface area contributed by atoms with Gasteiger partial charge in [0.05, 0.1) is 21.6 Å². The number of hydrogen-bond donors (Lipinski definition) is 0. The Hall–Kier alpha value is 0.560. The monoisotopic (exact) mass is 332 g/mol. The Morgan fingerprint density at radius 3 is 2.33 bits per heavy atom. The summed E-state index contributed by atoms with van der Waals surface area (Å²) in [5.41, 5.74) is 0. The SMILES string of the molecule is COc1cc(Br)c(Cl)c(Br)c1Cl. The molecule has 0 aliphatic heterocycles. The van der Waals surface area contributed by atoms with Crippen molar-refractivity contribution in [3.05, 3.63) is 25.1 Å². The van der Waals surface area contributed by atoms with E-state index in [1.807, 2.05) is 0 Å². The summed E-state index contributed by atoms with van der Waals surface area (Å²) in [6.07, 6.45) is 0. The molecule has 0 spiro atoms. The summed E-state index contributed by atoms with van der Waals surface area (Å²) in [5, 5.41) is 1.02. The zero-order valence-electron chi connectivity index (χ0n) is 6.00. The van der Waals surface area contributed by atoms with E-state index in [4.69, 9.17) is 27.9 Å². The number of benzene rings is 1. The largest absolute Gasteiger partial charge is 0.495 e. The van der Waals surface area contributed by atoms with E-state index >= 15 is 0 Å². The molecule has 0 radical (unpaired) electrons. The number of hydrogen-bond acceptors (Lipinski definition) is 1. The van der Waals surface area contributed by atoms with Gasteiger partial charge in [0.25, 0.3) is 0 Å². The summed E-state index contributed by atoms with van der Waals surface area (Å²) in [4.78, 5) is 0. The molecule has 66 valence electrons. The molecule has 1 rings (SSSR count). The van der Waals surface area contributed by atoms with Gasteiger partial charge in [-0.25, -0.2) is 0 Å². The standard InChI is InChI=1S/C7H4Br2Cl2O/c1-12-4-2-3(8)6(10)5(9)7(4)11/h2H,1H3. The molecule has 0 heterocycles. The molecule has 0 saturated carbocycles. The van der Waals surface area contributed by atoms with Crippen molar-refractivity contribution in [1.29, 1.82) is 0 Å². The molecule has 1 nitrogen and oxygen atoms in total. The predicted molar refractivity (Wildman–Crippen MR) is 58.4 cm³/mol. The van der Waals surface area contributed by atoms with Gasteiger partial charge in [-0.15, -0.1) is 0 Å². The fourth-order valence-corrected chi connectivity index (χ4v) is 2.20. The number of rotatable bonds is 1. The molecule has 0 unspecified atom stereocenters. The second-order valence-electron chi connectivity index (χ2n) is 2.00. The Kier molecular flexibility index (Phi) is 3.71. The molecule has 0 aliphatic carbocycles. The molecule has 0 bridgehead atoms. The quantitative estimate of drug-likeness (QED) is 0.541. The van der Waals surface area contributed by atoms with Crippen LogP contribution in [0.25, 0.3) is 0 Å². The fourth-order valence-electron chi connectivity index (χ4n) is 0.700. The van der Waals surface area contributed by atoms with E-state index in [1.165, 1.54) is 0 Å². The van der Waals surface area contributed by atoms with Crippen LogP contribution in [0.2, 0.25) is 10.0 Å². The summed E-state index contributed by atoms with van der Waals surface area (Å²) in [7, 11) is 1.55. The number of ether oxygens (including phenoxy) is 1. The minimum Gasteiger partial charge on any atom is -0.495 e. The van der Waals surface area contributed by atoms with Crippen molar-refractivity contribution >= 4 is 55.1 Å². The molecule has 12 heavy (non-hydrogen) atoms. The highest BCUT2D eigenvalue weighted by molar-refractivity contribution is 9.11. The van der Waals surface area contributed by atoms with Gasteiger partial charge in [-0.2, -0.15) is 0 Å². The Bertz CT molecular complexity index is 315. The van der Waals surface area contributed by atoms with Gasteiger partial charge in [-0.3, -0.25) is 0 Å². The van der Waals surface area contributed by atoms with Crippen LogP contribution in [0.15, 0.2) is 15.0 Å². The van der Waals surface area contributed by atoms with Crippen molar-refractivity contribution in [2.45, 2.75) is 0 Å². The van der Waals surface area contributed by atoms with E-state index in [-0.39, 0.29) is 0 Å². The second kappa shape index (κ2) is 4.18. The zero-order chi connectivity index (χ0) is 9.30. The van der Waals surface area contributed by atoms with E-state index in [9.17, 15) is 0 Å². The van der Waals surface area contributed by atoms with Crippen molar-refractivity contribution < 1.29 is 4.74 Å². The first kappa shape index (κ1) is 10.6. The first-order chi connectivity index (χ1) is 5.57. The Morgan fingerprint density at radius 1 is 1.25 bits per heavy atom. The molecule has 0 atom stereocenters. The third-order valence-electron chi connectivity index (χ3n) is 1.29. The highest BCUT2D eigenvalue weighted by Crippen LogP contribution is 2.41. The van der Waals surface area contributed by atoms with Crippen molar-refractivity contribution in [3.8, 4) is 5.75 Å². The molecule has 1 aromatic carbocycles. The highest BCUT2D eigenvalue weighted by Gasteiger charge is 2.12. The maximum Gasteiger partial charge on any atom is 0.139 e. The van der Waals surface area contributed by atoms with Gasteiger partial charge >= 0.3 is 0 Å². The van der Waals surface area contributed by atoms with Crippen molar-refractivity contribution in [1.82, 2.24) is 0 Å². The van der Waals surface area contributed by atoms with Crippen LogP contribution >= 0.6 is 55.1 Å². The van der Waals surface area contributed by atoms with Crippen molar-refractivity contribution in [3.63, 3.8) is 0 Å². The zero-order valence-corrected chi connectivity index (χ0v) is 10.7. The van der Waals surface area contributed by atoms with Gasteiger partial charge < -0.3 is 4.74 Å². The molecule has 0 fully saturated rings. The highest BCUT2D eigenvalue weighted by atomic mass is 79.9. The summed E-state index contributed by atoms with van der Waals surface area (Å²) in [5.74, 6) is 0.583. The lowest BCUT2D eigenvalue weighted by atomic mass is 10.3. The topological polar surface area (TPSA) is 9.23 Å². The lowest BCUT2D eigenvalue weighted by Gasteiger charge is -2.07. The minimum absolute atomic E-state index is 0.478. The van der Waals surface area contributed by atoms with Crippen molar-refractivity contribution in [2.75, 3.05) is 7.11 Å². The van der Waals surface area contributed by atoms with Crippen LogP contribution < -0.4 is 4.74 Å². The first-order valence-electron chi connectivity index (χ1n) is 2.95. The van der Waals surface area contributed by atoms with Gasteiger partial charge in [0.2, 0.25) is 0 Å². The maximum absolute atomic E-state index is 5.89. The maximum atomic E-state index is 5.89. The average Bonchev–Trinajstić information content (AvgIpc) is 2.08. The Morgan fingerprint density at radius 2 is 1.83 bits per heavy atom. The van der Waals surface area contributed by atoms with E-state index < -0.39 is 0 Å². The smallest absolute Gasteiger partial charge is 0.139 e. The predicted octanol–water partition coefficient (Wildman–Crippen LogP) is 4.53. The van der Waals surface area contributed by atoms with Crippen LogP contribution in [0.1, 0.15) is 0 Å². The molecule has 0 aliphatic rings. The van der Waals surface area contributed by atoms with Gasteiger partial charge in [-0.1, -0.05) is 23.2 Å². The van der Waals surface area contributed by atoms with Crippen LogP contribution in [0.3, 0.4) is 0 Å². The van der Waals surface area contributed by atoms with E-state index in [1.54, 1.807) is 13.2 Å². The van der Waals surface area contributed by atoms with E-state index in [0.717, 1.165) is 4.47 Å². The molecular weight excluding hydrogens is 331 g/mol. The van der Waals surface area contributed by atoms with E-state index in [2.05, 4.69) is 31.9 Å². The average molecular weight is 335 g/mol. The summed E-state index contributed by atoms with van der Waals surface area (Å²) in [6, 6.07) is 1.72. The van der Waals surface area contributed by atoms with Gasteiger partial charge in [0.15, 0.2) is 0 Å². The van der Waals surface area contributed by atoms with Crippen LogP contribution in [0.5, 0.6) is 5.75 Å². The molecular formula is C7H4Br2Cl2O. The van der Waals surface area contributed by atoms with Gasteiger partial charge in [0.1, 0.15) is 5.75 Å². The minimum atomic E-state index is 0.478.